The van der Waals surface area contributed by atoms with E-state index in [4.69, 9.17) is 23.2 Å². The summed E-state index contributed by atoms with van der Waals surface area (Å²) in [6, 6.07) is 15.3. The van der Waals surface area contributed by atoms with Gasteiger partial charge in [0.1, 0.15) is 5.82 Å². The van der Waals surface area contributed by atoms with Crippen molar-refractivity contribution >= 4 is 46.6 Å². The number of para-hydroxylation sites is 1. The SMILES string of the molecule is C=CCn1c(CCc2ccccc2)nnc1SCC(=O)Nc1c(Cl)cccc1Cl. The first kappa shape index (κ1) is 21.4. The maximum absolute atomic E-state index is 12.4. The Bertz CT molecular complexity index is 971. The molecule has 0 spiro atoms. The number of rotatable bonds is 9. The maximum Gasteiger partial charge on any atom is 0.234 e. The Hall–Kier alpha value is -2.28. The Morgan fingerprint density at radius 1 is 1.07 bits per heavy atom. The summed E-state index contributed by atoms with van der Waals surface area (Å²) in [4.78, 5) is 12.4. The molecule has 0 saturated carbocycles. The number of hydrogen-bond donors (Lipinski definition) is 1. The number of anilines is 1. The lowest BCUT2D eigenvalue weighted by Gasteiger charge is -2.10. The Labute approximate surface area is 184 Å². The van der Waals surface area contributed by atoms with E-state index in [2.05, 4.69) is 34.2 Å². The molecule has 5 nitrogen and oxygen atoms in total. The highest BCUT2D eigenvalue weighted by Crippen LogP contribution is 2.30. The van der Waals surface area contributed by atoms with Crippen molar-refractivity contribution in [1.29, 1.82) is 0 Å². The van der Waals surface area contributed by atoms with Crippen LogP contribution in [0.25, 0.3) is 0 Å². The van der Waals surface area contributed by atoms with E-state index in [1.807, 2.05) is 22.8 Å². The smallest absolute Gasteiger partial charge is 0.234 e. The van der Waals surface area contributed by atoms with Crippen molar-refractivity contribution in [3.05, 3.63) is 82.6 Å². The molecule has 1 heterocycles. The first-order valence-corrected chi connectivity index (χ1v) is 10.8. The average Bonchev–Trinajstić information content (AvgIpc) is 3.10. The number of nitrogens with one attached hydrogen (secondary N) is 1. The fourth-order valence-corrected chi connectivity index (χ4v) is 4.01. The molecule has 0 radical (unpaired) electrons. The van der Waals surface area contributed by atoms with Crippen molar-refractivity contribution < 1.29 is 4.79 Å². The first-order valence-electron chi connectivity index (χ1n) is 9.02. The van der Waals surface area contributed by atoms with Gasteiger partial charge in [-0.15, -0.1) is 16.8 Å². The van der Waals surface area contributed by atoms with Gasteiger partial charge in [-0.05, 0) is 24.1 Å². The van der Waals surface area contributed by atoms with Crippen molar-refractivity contribution in [1.82, 2.24) is 14.8 Å². The summed E-state index contributed by atoms with van der Waals surface area (Å²) in [6.45, 7) is 4.39. The van der Waals surface area contributed by atoms with E-state index in [0.29, 0.717) is 27.4 Å². The minimum absolute atomic E-state index is 0.162. The molecule has 150 valence electrons. The largest absolute Gasteiger partial charge is 0.323 e. The monoisotopic (exact) mass is 446 g/mol. The fraction of sp³-hybridized carbons (Fsp3) is 0.190. The number of allylic oxidation sites excluding steroid dienone is 1. The van der Waals surface area contributed by atoms with Gasteiger partial charge in [0.05, 0.1) is 21.5 Å². The highest BCUT2D eigenvalue weighted by atomic mass is 35.5. The lowest BCUT2D eigenvalue weighted by molar-refractivity contribution is -0.113. The quantitative estimate of drug-likeness (QED) is 0.358. The number of hydrogen-bond acceptors (Lipinski definition) is 4. The van der Waals surface area contributed by atoms with Crippen LogP contribution in [-0.2, 0) is 24.2 Å². The first-order chi connectivity index (χ1) is 14.1. The zero-order valence-corrected chi connectivity index (χ0v) is 18.0. The van der Waals surface area contributed by atoms with Crippen LogP contribution in [0.3, 0.4) is 0 Å². The third-order valence-corrected chi connectivity index (χ3v) is 5.74. The van der Waals surface area contributed by atoms with E-state index >= 15 is 0 Å². The van der Waals surface area contributed by atoms with E-state index in [9.17, 15) is 4.79 Å². The number of amides is 1. The van der Waals surface area contributed by atoms with E-state index in [0.717, 1.165) is 18.7 Å². The standard InChI is InChI=1S/C21H20Cl2N4OS/c1-2-13-27-18(12-11-15-7-4-3-5-8-15)25-26-21(27)29-14-19(28)24-20-16(22)9-6-10-17(20)23/h2-10H,1,11-14H2,(H,24,28). The summed E-state index contributed by atoms with van der Waals surface area (Å²) in [5, 5.41) is 12.8. The molecular formula is C21H20Cl2N4OS. The van der Waals surface area contributed by atoms with Crippen LogP contribution in [0.4, 0.5) is 5.69 Å². The summed E-state index contributed by atoms with van der Waals surface area (Å²) in [6.07, 6.45) is 3.42. The number of benzene rings is 2. The Balaban J connectivity index is 1.63. The van der Waals surface area contributed by atoms with Gasteiger partial charge in [0.25, 0.3) is 0 Å². The molecule has 1 amide bonds. The molecule has 1 aromatic heterocycles. The van der Waals surface area contributed by atoms with Crippen molar-refractivity contribution in [2.75, 3.05) is 11.1 Å². The molecule has 0 atom stereocenters. The van der Waals surface area contributed by atoms with Crippen LogP contribution in [0.2, 0.25) is 10.0 Å². The predicted octanol–water partition coefficient (Wildman–Crippen LogP) is 5.29. The van der Waals surface area contributed by atoms with Gasteiger partial charge in [0.15, 0.2) is 5.16 Å². The van der Waals surface area contributed by atoms with E-state index in [1.165, 1.54) is 17.3 Å². The summed E-state index contributed by atoms with van der Waals surface area (Å²) in [7, 11) is 0. The lowest BCUT2D eigenvalue weighted by atomic mass is 10.1. The Morgan fingerprint density at radius 2 is 1.79 bits per heavy atom. The minimum atomic E-state index is -0.219. The molecule has 0 saturated heterocycles. The van der Waals surface area contributed by atoms with Gasteiger partial charge in [-0.25, -0.2) is 0 Å². The summed E-state index contributed by atoms with van der Waals surface area (Å²) in [5.41, 5.74) is 1.66. The number of nitrogens with zero attached hydrogens (tertiary/aromatic N) is 3. The van der Waals surface area contributed by atoms with Gasteiger partial charge in [0.2, 0.25) is 5.91 Å². The van der Waals surface area contributed by atoms with E-state index < -0.39 is 0 Å². The molecule has 29 heavy (non-hydrogen) atoms. The van der Waals surface area contributed by atoms with Crippen LogP contribution in [0.1, 0.15) is 11.4 Å². The molecule has 0 unspecified atom stereocenters. The molecule has 0 aliphatic rings. The van der Waals surface area contributed by atoms with Crippen LogP contribution in [-0.4, -0.2) is 26.4 Å². The predicted molar refractivity (Wildman–Crippen MR) is 120 cm³/mol. The molecule has 0 aliphatic heterocycles. The van der Waals surface area contributed by atoms with Crippen molar-refractivity contribution in [2.45, 2.75) is 24.5 Å². The lowest BCUT2D eigenvalue weighted by Crippen LogP contribution is -2.15. The second-order valence-corrected chi connectivity index (χ2v) is 7.97. The van der Waals surface area contributed by atoms with Gasteiger partial charge >= 0.3 is 0 Å². The third kappa shape index (κ3) is 5.85. The molecule has 3 aromatic rings. The Kier molecular flexibility index (Phi) is 7.75. The highest BCUT2D eigenvalue weighted by Gasteiger charge is 2.15. The molecule has 3 rings (SSSR count). The number of carbonyl (C=O) groups excluding carboxylic acids is 1. The van der Waals surface area contributed by atoms with Crippen LogP contribution in [0, 0.1) is 0 Å². The highest BCUT2D eigenvalue weighted by molar-refractivity contribution is 7.99. The van der Waals surface area contributed by atoms with E-state index in [-0.39, 0.29) is 11.7 Å². The number of halogens is 2. The van der Waals surface area contributed by atoms with Crippen LogP contribution >= 0.6 is 35.0 Å². The van der Waals surface area contributed by atoms with Gasteiger partial charge in [0, 0.05) is 13.0 Å². The molecule has 1 N–H and O–H groups in total. The van der Waals surface area contributed by atoms with Gasteiger partial charge < -0.3 is 9.88 Å². The molecule has 0 fully saturated rings. The van der Waals surface area contributed by atoms with Gasteiger partial charge in [-0.1, -0.05) is 77.4 Å². The number of thioether (sulfide) groups is 1. The molecular weight excluding hydrogens is 427 g/mol. The van der Waals surface area contributed by atoms with E-state index in [1.54, 1.807) is 24.3 Å². The average molecular weight is 447 g/mol. The van der Waals surface area contributed by atoms with Crippen molar-refractivity contribution in [3.8, 4) is 0 Å². The third-order valence-electron chi connectivity index (χ3n) is 4.14. The summed E-state index contributed by atoms with van der Waals surface area (Å²) >= 11 is 13.5. The maximum atomic E-state index is 12.4. The summed E-state index contributed by atoms with van der Waals surface area (Å²) in [5.74, 6) is 0.810. The molecule has 0 aliphatic carbocycles. The van der Waals surface area contributed by atoms with Crippen LogP contribution in [0.5, 0.6) is 0 Å². The normalized spacial score (nSPS) is 10.7. The molecule has 0 bridgehead atoms. The molecule has 2 aromatic carbocycles. The number of aryl methyl sites for hydroxylation is 2. The summed E-state index contributed by atoms with van der Waals surface area (Å²) < 4.78 is 1.98. The molecule has 8 heteroatoms. The van der Waals surface area contributed by atoms with Crippen molar-refractivity contribution in [3.63, 3.8) is 0 Å². The fourth-order valence-electron chi connectivity index (χ4n) is 2.75. The topological polar surface area (TPSA) is 59.8 Å². The minimum Gasteiger partial charge on any atom is -0.323 e. The zero-order chi connectivity index (χ0) is 20.6. The van der Waals surface area contributed by atoms with Gasteiger partial charge in [-0.3, -0.25) is 4.79 Å². The van der Waals surface area contributed by atoms with Crippen LogP contribution in [0.15, 0.2) is 66.3 Å². The van der Waals surface area contributed by atoms with Crippen LogP contribution < -0.4 is 5.32 Å². The van der Waals surface area contributed by atoms with Crippen molar-refractivity contribution in [2.24, 2.45) is 0 Å². The number of carbonyl (C=O) groups is 1. The second-order valence-electron chi connectivity index (χ2n) is 6.22. The van der Waals surface area contributed by atoms with Gasteiger partial charge in [-0.2, -0.15) is 0 Å². The second kappa shape index (κ2) is 10.5. The number of aromatic nitrogens is 3. The Morgan fingerprint density at radius 3 is 2.48 bits per heavy atom. The zero-order valence-electron chi connectivity index (χ0n) is 15.6.